The van der Waals surface area contributed by atoms with Crippen LogP contribution in [0.25, 0.3) is 0 Å². The summed E-state index contributed by atoms with van der Waals surface area (Å²) < 4.78 is 0. The summed E-state index contributed by atoms with van der Waals surface area (Å²) in [6.45, 7) is 5.22. The quantitative estimate of drug-likeness (QED) is 0.420. The summed E-state index contributed by atoms with van der Waals surface area (Å²) in [4.78, 5) is 20.7. The Morgan fingerprint density at radius 1 is 0.765 bits per heavy atom. The Kier molecular flexibility index (Phi) is 16.5. The van der Waals surface area contributed by atoms with Gasteiger partial charge in [-0.3, -0.25) is 0 Å². The summed E-state index contributed by atoms with van der Waals surface area (Å²) >= 11 is 0. The highest BCUT2D eigenvalue weighted by atomic mass is 17.0. The van der Waals surface area contributed by atoms with Crippen LogP contribution in [0.1, 0.15) is 65.2 Å². The summed E-state index contributed by atoms with van der Waals surface area (Å²) in [7, 11) is 0. The van der Waals surface area contributed by atoms with Crippen LogP contribution in [0.5, 0.6) is 0 Å². The molecule has 0 heterocycles. The van der Waals surface area contributed by atoms with Crippen molar-refractivity contribution in [1.82, 2.24) is 6.15 Å². The third-order valence-corrected chi connectivity index (χ3v) is 2.39. The van der Waals surface area contributed by atoms with E-state index in [0.29, 0.717) is 13.2 Å². The molecule has 0 rings (SSSR count). The lowest BCUT2D eigenvalue weighted by Crippen LogP contribution is -2.12. The van der Waals surface area contributed by atoms with Gasteiger partial charge in [0.05, 0.1) is 0 Å². The van der Waals surface area contributed by atoms with Crippen LogP contribution in [0.15, 0.2) is 0 Å². The minimum absolute atomic E-state index is 0. The van der Waals surface area contributed by atoms with Crippen LogP contribution < -0.4 is 6.15 Å². The molecule has 0 aliphatic rings. The maximum atomic E-state index is 11.0. The Hall–Kier alpha value is -0.840. The molecule has 17 heavy (non-hydrogen) atoms. The fourth-order valence-electron chi connectivity index (χ4n) is 1.37. The van der Waals surface area contributed by atoms with Gasteiger partial charge in [0.2, 0.25) is 0 Å². The Morgan fingerprint density at radius 3 is 1.53 bits per heavy atom. The van der Waals surface area contributed by atoms with Gasteiger partial charge in [-0.15, -0.1) is 0 Å². The number of rotatable bonds is 12. The third kappa shape index (κ3) is 15.2. The van der Waals surface area contributed by atoms with E-state index < -0.39 is 0 Å². The molecular formula is C12H29N2O3+. The van der Waals surface area contributed by atoms with E-state index in [1.807, 2.05) is 0 Å². The average Bonchev–Trinajstić information content (AvgIpc) is 2.28. The highest BCUT2D eigenvalue weighted by Gasteiger charge is 2.10. The van der Waals surface area contributed by atoms with Crippen LogP contribution in [0.4, 0.5) is 0 Å². The normalized spacial score (nSPS) is 9.53. The molecule has 5 heteroatoms. The van der Waals surface area contributed by atoms with E-state index in [0.717, 1.165) is 25.7 Å². The number of hydrogen-bond acceptors (Lipinski definition) is 4. The van der Waals surface area contributed by atoms with Gasteiger partial charge in [0, 0.05) is 0 Å². The van der Waals surface area contributed by atoms with Crippen molar-refractivity contribution >= 4 is 0 Å². The van der Waals surface area contributed by atoms with E-state index >= 15 is 0 Å². The highest BCUT2D eigenvalue weighted by Crippen LogP contribution is 2.01. The summed E-state index contributed by atoms with van der Waals surface area (Å²) in [5, 5.41) is 0.262. The summed E-state index contributed by atoms with van der Waals surface area (Å²) in [6, 6.07) is 0. The molecule has 0 spiro atoms. The maximum Gasteiger partial charge on any atom is 0.477 e. The molecule has 0 fully saturated rings. The topological polar surface area (TPSA) is 73.5 Å². The first kappa shape index (κ1) is 18.5. The minimum Gasteiger partial charge on any atom is -0.344 e. The Bertz CT molecular complexity index is 150. The number of unbranched alkanes of at least 4 members (excludes halogenated alkanes) is 6. The first-order valence-corrected chi connectivity index (χ1v) is 6.54. The van der Waals surface area contributed by atoms with Gasteiger partial charge in [-0.05, 0) is 25.7 Å². The standard InChI is InChI=1S/C12H26NO3.H3N/c1-3-5-7-9-11-15-13(14)16-12-10-8-6-4-2;/h3-12H2,1-2H3;1H3/q+1;. The zero-order valence-corrected chi connectivity index (χ0v) is 11.5. The largest absolute Gasteiger partial charge is 0.477 e. The van der Waals surface area contributed by atoms with Crippen molar-refractivity contribution in [3.05, 3.63) is 4.91 Å². The van der Waals surface area contributed by atoms with Crippen LogP contribution in [-0.2, 0) is 9.68 Å². The molecule has 0 amide bonds. The first-order chi connectivity index (χ1) is 7.81. The van der Waals surface area contributed by atoms with Gasteiger partial charge in [0.15, 0.2) is 13.2 Å². The number of nitrogens with zero attached hydrogens (tertiary/aromatic N) is 1. The highest BCUT2D eigenvalue weighted by molar-refractivity contribution is 4.37. The maximum absolute atomic E-state index is 11.0. The van der Waals surface area contributed by atoms with Crippen LogP contribution >= 0.6 is 0 Å². The van der Waals surface area contributed by atoms with Crippen LogP contribution in [0.2, 0.25) is 0 Å². The Labute approximate surface area is 105 Å². The predicted molar refractivity (Wildman–Crippen MR) is 68.8 cm³/mol. The van der Waals surface area contributed by atoms with Crippen molar-refractivity contribution < 1.29 is 14.8 Å². The molecule has 0 aliphatic carbocycles. The summed E-state index contributed by atoms with van der Waals surface area (Å²) in [6.07, 6.45) is 8.84. The van der Waals surface area contributed by atoms with E-state index in [1.165, 1.54) is 25.7 Å². The van der Waals surface area contributed by atoms with Crippen molar-refractivity contribution in [2.45, 2.75) is 65.2 Å². The lowest BCUT2D eigenvalue weighted by Gasteiger charge is -1.96. The van der Waals surface area contributed by atoms with Crippen molar-refractivity contribution in [3.8, 4) is 0 Å². The van der Waals surface area contributed by atoms with Crippen molar-refractivity contribution in [3.63, 3.8) is 0 Å². The number of hydrogen-bond donors (Lipinski definition) is 1. The lowest BCUT2D eigenvalue weighted by molar-refractivity contribution is -0.981. The molecule has 3 N–H and O–H groups in total. The first-order valence-electron chi connectivity index (χ1n) is 6.54. The summed E-state index contributed by atoms with van der Waals surface area (Å²) in [5.41, 5.74) is 0. The van der Waals surface area contributed by atoms with Gasteiger partial charge in [0.1, 0.15) is 4.91 Å². The molecular weight excluding hydrogens is 220 g/mol. The molecule has 0 unspecified atom stereocenters. The van der Waals surface area contributed by atoms with E-state index in [2.05, 4.69) is 13.8 Å². The van der Waals surface area contributed by atoms with Crippen LogP contribution in [0, 0.1) is 4.91 Å². The second-order valence-corrected chi connectivity index (χ2v) is 4.01. The van der Waals surface area contributed by atoms with Gasteiger partial charge in [-0.1, -0.05) is 39.5 Å². The third-order valence-electron chi connectivity index (χ3n) is 2.39. The van der Waals surface area contributed by atoms with Gasteiger partial charge in [0.25, 0.3) is 0 Å². The zero-order chi connectivity index (χ0) is 12.1. The lowest BCUT2D eigenvalue weighted by atomic mass is 10.2. The van der Waals surface area contributed by atoms with E-state index in [-0.39, 0.29) is 11.2 Å². The smallest absolute Gasteiger partial charge is 0.344 e. The second-order valence-electron chi connectivity index (χ2n) is 4.01. The molecule has 0 aromatic rings. The molecule has 0 atom stereocenters. The SMILES string of the molecule is CCCCCCO[N+](=O)OCCCCCC.N. The minimum atomic E-state index is 0. The molecule has 104 valence electrons. The fourth-order valence-corrected chi connectivity index (χ4v) is 1.37. The Morgan fingerprint density at radius 2 is 1.18 bits per heavy atom. The van der Waals surface area contributed by atoms with Gasteiger partial charge >= 0.3 is 5.09 Å². The van der Waals surface area contributed by atoms with Crippen molar-refractivity contribution in [2.75, 3.05) is 13.2 Å². The molecule has 0 radical (unpaired) electrons. The molecule has 0 saturated heterocycles. The van der Waals surface area contributed by atoms with Crippen LogP contribution in [0.3, 0.4) is 0 Å². The van der Waals surface area contributed by atoms with E-state index in [4.69, 9.17) is 9.68 Å². The molecule has 5 nitrogen and oxygen atoms in total. The van der Waals surface area contributed by atoms with Gasteiger partial charge < -0.3 is 6.15 Å². The average molecular weight is 249 g/mol. The molecule has 0 bridgehead atoms. The Balaban J connectivity index is 0. The van der Waals surface area contributed by atoms with Crippen LogP contribution in [-0.4, -0.2) is 18.3 Å². The predicted octanol–water partition coefficient (Wildman–Crippen LogP) is 3.95. The second kappa shape index (κ2) is 15.2. The zero-order valence-electron chi connectivity index (χ0n) is 11.5. The van der Waals surface area contributed by atoms with Gasteiger partial charge in [-0.2, -0.15) is 9.68 Å². The van der Waals surface area contributed by atoms with Crippen molar-refractivity contribution in [1.29, 1.82) is 0 Å². The molecule has 0 aromatic heterocycles. The van der Waals surface area contributed by atoms with E-state index in [1.54, 1.807) is 0 Å². The molecule has 0 saturated carbocycles. The fraction of sp³-hybridized carbons (Fsp3) is 1.00. The van der Waals surface area contributed by atoms with Gasteiger partial charge in [-0.25, -0.2) is 0 Å². The molecule has 0 aliphatic heterocycles. The summed E-state index contributed by atoms with van der Waals surface area (Å²) in [5.74, 6) is 0. The van der Waals surface area contributed by atoms with E-state index in [9.17, 15) is 4.91 Å². The van der Waals surface area contributed by atoms with Crippen molar-refractivity contribution in [2.24, 2.45) is 0 Å². The molecule has 0 aromatic carbocycles. The monoisotopic (exact) mass is 249 g/mol.